The van der Waals surface area contributed by atoms with Crippen molar-refractivity contribution >= 4 is 11.5 Å². The van der Waals surface area contributed by atoms with Gasteiger partial charge in [0.1, 0.15) is 35.1 Å². The molecular formula is C18H15N3O3. The maximum atomic E-state index is 11.6. The van der Waals surface area contributed by atoms with Gasteiger partial charge in [-0.2, -0.15) is 15.8 Å². The van der Waals surface area contributed by atoms with Gasteiger partial charge < -0.3 is 9.47 Å². The van der Waals surface area contributed by atoms with E-state index in [1.807, 2.05) is 12.1 Å². The maximum absolute atomic E-state index is 11.6. The lowest BCUT2D eigenvalue weighted by atomic mass is 9.97. The minimum absolute atomic E-state index is 0.0739. The molecule has 120 valence electrons. The van der Waals surface area contributed by atoms with Crippen LogP contribution < -0.4 is 4.74 Å². The van der Waals surface area contributed by atoms with Gasteiger partial charge in [-0.25, -0.2) is 4.79 Å². The topological polar surface area (TPSA) is 107 Å². The molecule has 0 fully saturated rings. The highest BCUT2D eigenvalue weighted by molar-refractivity contribution is 5.93. The summed E-state index contributed by atoms with van der Waals surface area (Å²) in [7, 11) is 1.53. The highest BCUT2D eigenvalue weighted by Gasteiger charge is 2.13. The molecule has 1 aromatic rings. The Morgan fingerprint density at radius 2 is 1.75 bits per heavy atom. The SMILES string of the molecule is CCOC(=O)/C(C#N)=C/CC(=C(C#N)C#N)c1ccc(OC)cc1. The molecule has 0 spiro atoms. The van der Waals surface area contributed by atoms with Gasteiger partial charge in [0, 0.05) is 0 Å². The third kappa shape index (κ3) is 4.73. The molecule has 0 aliphatic heterocycles. The molecule has 0 radical (unpaired) electrons. The van der Waals surface area contributed by atoms with E-state index in [4.69, 9.17) is 25.3 Å². The second-order valence-corrected chi connectivity index (χ2v) is 4.46. The average molecular weight is 321 g/mol. The minimum atomic E-state index is -0.732. The van der Waals surface area contributed by atoms with E-state index < -0.39 is 5.97 Å². The number of esters is 1. The summed E-state index contributed by atoms with van der Waals surface area (Å²) in [5, 5.41) is 27.3. The fourth-order valence-electron chi connectivity index (χ4n) is 1.90. The summed E-state index contributed by atoms with van der Waals surface area (Å²) in [6.45, 7) is 1.79. The van der Waals surface area contributed by atoms with Crippen LogP contribution in [-0.4, -0.2) is 19.7 Å². The lowest BCUT2D eigenvalue weighted by Gasteiger charge is -2.07. The van der Waals surface area contributed by atoms with Crippen LogP contribution in [0.2, 0.25) is 0 Å². The van der Waals surface area contributed by atoms with E-state index in [-0.39, 0.29) is 24.2 Å². The van der Waals surface area contributed by atoms with Crippen molar-refractivity contribution in [3.63, 3.8) is 0 Å². The molecule has 0 atom stereocenters. The van der Waals surface area contributed by atoms with Crippen molar-refractivity contribution < 1.29 is 14.3 Å². The van der Waals surface area contributed by atoms with E-state index in [9.17, 15) is 4.79 Å². The Labute approximate surface area is 140 Å². The summed E-state index contributed by atoms with van der Waals surface area (Å²) in [5.41, 5.74) is 0.793. The first-order valence-electron chi connectivity index (χ1n) is 7.06. The van der Waals surface area contributed by atoms with E-state index in [0.29, 0.717) is 16.9 Å². The van der Waals surface area contributed by atoms with Crippen LogP contribution in [0.15, 0.2) is 41.5 Å². The number of nitriles is 3. The van der Waals surface area contributed by atoms with Crippen molar-refractivity contribution in [2.75, 3.05) is 13.7 Å². The molecule has 0 saturated heterocycles. The molecule has 0 unspecified atom stereocenters. The molecule has 0 amide bonds. The number of ether oxygens (including phenoxy) is 2. The standard InChI is InChI=1S/C18H15N3O3/c1-3-24-18(22)14(10-19)6-9-17(15(11-20)12-21)13-4-7-16(23-2)8-5-13/h4-8H,3,9H2,1-2H3/b14-6+. The monoisotopic (exact) mass is 321 g/mol. The molecule has 0 aromatic heterocycles. The largest absolute Gasteiger partial charge is 0.497 e. The molecular weight excluding hydrogens is 306 g/mol. The number of benzene rings is 1. The predicted molar refractivity (Wildman–Crippen MR) is 86.1 cm³/mol. The Hall–Kier alpha value is -3.56. The maximum Gasteiger partial charge on any atom is 0.348 e. The number of nitrogens with zero attached hydrogens (tertiary/aromatic N) is 3. The van der Waals surface area contributed by atoms with Crippen LogP contribution >= 0.6 is 0 Å². The second-order valence-electron chi connectivity index (χ2n) is 4.46. The highest BCUT2D eigenvalue weighted by Crippen LogP contribution is 2.25. The highest BCUT2D eigenvalue weighted by atomic mass is 16.5. The van der Waals surface area contributed by atoms with Gasteiger partial charge in [-0.05, 0) is 36.6 Å². The summed E-state index contributed by atoms with van der Waals surface area (Å²) in [6.07, 6.45) is 1.43. The van der Waals surface area contributed by atoms with Gasteiger partial charge in [0.25, 0.3) is 0 Å². The fourth-order valence-corrected chi connectivity index (χ4v) is 1.90. The van der Waals surface area contributed by atoms with Gasteiger partial charge in [0.2, 0.25) is 0 Å². The van der Waals surface area contributed by atoms with E-state index in [1.165, 1.54) is 13.2 Å². The van der Waals surface area contributed by atoms with Gasteiger partial charge in [-0.15, -0.1) is 0 Å². The van der Waals surface area contributed by atoms with Crippen LogP contribution in [0.4, 0.5) is 0 Å². The first kappa shape index (κ1) is 18.5. The van der Waals surface area contributed by atoms with Crippen molar-refractivity contribution in [2.45, 2.75) is 13.3 Å². The summed E-state index contributed by atoms with van der Waals surface area (Å²) in [5.74, 6) is -0.0992. The van der Waals surface area contributed by atoms with Gasteiger partial charge >= 0.3 is 5.97 Å². The Morgan fingerprint density at radius 1 is 1.12 bits per heavy atom. The summed E-state index contributed by atoms with van der Waals surface area (Å²) in [6, 6.07) is 12.2. The summed E-state index contributed by atoms with van der Waals surface area (Å²) >= 11 is 0. The predicted octanol–water partition coefficient (Wildman–Crippen LogP) is 2.90. The Bertz CT molecular complexity index is 769. The van der Waals surface area contributed by atoms with Crippen LogP contribution in [0.1, 0.15) is 18.9 Å². The fraction of sp³-hybridized carbons (Fsp3) is 0.222. The zero-order valence-electron chi connectivity index (χ0n) is 13.4. The van der Waals surface area contributed by atoms with Gasteiger partial charge in [-0.1, -0.05) is 18.2 Å². The molecule has 1 rings (SSSR count). The van der Waals surface area contributed by atoms with Crippen molar-refractivity contribution in [3.8, 4) is 24.0 Å². The molecule has 0 heterocycles. The van der Waals surface area contributed by atoms with E-state index in [1.54, 1.807) is 37.3 Å². The van der Waals surface area contributed by atoms with Gasteiger partial charge in [0.05, 0.1) is 13.7 Å². The first-order valence-corrected chi connectivity index (χ1v) is 7.06. The molecule has 6 heteroatoms. The van der Waals surface area contributed by atoms with Crippen LogP contribution in [0.5, 0.6) is 5.75 Å². The van der Waals surface area contributed by atoms with Crippen LogP contribution in [0.3, 0.4) is 0 Å². The molecule has 0 aliphatic rings. The average Bonchev–Trinajstić information content (AvgIpc) is 2.62. The number of methoxy groups -OCH3 is 1. The Balaban J connectivity index is 3.25. The summed E-state index contributed by atoms with van der Waals surface area (Å²) < 4.78 is 9.86. The van der Waals surface area contributed by atoms with E-state index >= 15 is 0 Å². The first-order chi connectivity index (χ1) is 11.6. The third-order valence-corrected chi connectivity index (χ3v) is 3.09. The smallest absolute Gasteiger partial charge is 0.348 e. The van der Waals surface area contributed by atoms with Crippen LogP contribution in [0, 0.1) is 34.0 Å². The van der Waals surface area contributed by atoms with Crippen LogP contribution in [-0.2, 0) is 9.53 Å². The van der Waals surface area contributed by atoms with Crippen molar-refractivity contribution in [1.82, 2.24) is 0 Å². The number of rotatable bonds is 6. The molecule has 0 aliphatic carbocycles. The number of hydrogen-bond donors (Lipinski definition) is 0. The van der Waals surface area contributed by atoms with Crippen molar-refractivity contribution in [2.24, 2.45) is 0 Å². The van der Waals surface area contributed by atoms with E-state index in [2.05, 4.69) is 0 Å². The molecule has 0 bridgehead atoms. The molecule has 6 nitrogen and oxygen atoms in total. The van der Waals surface area contributed by atoms with E-state index in [0.717, 1.165) is 0 Å². The Morgan fingerprint density at radius 3 is 2.21 bits per heavy atom. The van der Waals surface area contributed by atoms with Gasteiger partial charge in [-0.3, -0.25) is 0 Å². The Kier molecular flexibility index (Phi) is 7.28. The lowest BCUT2D eigenvalue weighted by molar-refractivity contribution is -0.138. The van der Waals surface area contributed by atoms with Gasteiger partial charge in [0.15, 0.2) is 0 Å². The summed E-state index contributed by atoms with van der Waals surface area (Å²) in [4.78, 5) is 11.6. The zero-order chi connectivity index (χ0) is 17.9. The molecule has 24 heavy (non-hydrogen) atoms. The zero-order valence-corrected chi connectivity index (χ0v) is 13.4. The second kappa shape index (κ2) is 9.46. The quantitative estimate of drug-likeness (QED) is 0.453. The third-order valence-electron chi connectivity index (χ3n) is 3.09. The number of hydrogen-bond acceptors (Lipinski definition) is 6. The van der Waals surface area contributed by atoms with Crippen LogP contribution in [0.25, 0.3) is 5.57 Å². The van der Waals surface area contributed by atoms with Crippen molar-refractivity contribution in [3.05, 3.63) is 47.1 Å². The normalized spacial score (nSPS) is 9.88. The number of carbonyl (C=O) groups is 1. The molecule has 0 N–H and O–H groups in total. The number of carbonyl (C=O) groups excluding carboxylic acids is 1. The number of allylic oxidation sites excluding steroid dienone is 3. The molecule has 0 saturated carbocycles. The minimum Gasteiger partial charge on any atom is -0.497 e. The molecule has 1 aromatic carbocycles. The van der Waals surface area contributed by atoms with Crippen molar-refractivity contribution in [1.29, 1.82) is 15.8 Å². The lowest BCUT2D eigenvalue weighted by Crippen LogP contribution is -2.06.